The van der Waals surface area contributed by atoms with E-state index in [1.807, 2.05) is 38.1 Å². The number of amides is 1. The molecule has 4 aromatic carbocycles. The summed E-state index contributed by atoms with van der Waals surface area (Å²) in [6.07, 6.45) is -4.69. The van der Waals surface area contributed by atoms with Crippen LogP contribution in [0.4, 0.5) is 17.6 Å². The molecule has 1 atom stereocenters. The quantitative estimate of drug-likeness (QED) is 0.188. The standard InChI is InChI=1S/C34H28F4N2O3/c1-19-21(3)40(18-22-8-10-23(11-9-22)26-6-4-5-7-27(26)33(42)43)31-15-12-24(16-28(19)31)32(41)39-20(2)29-17-25(35)13-14-30(29)34(36,37)38/h4-17,20H,18H2,1-3H3,(H,39,41)(H,42,43)/t20-/m1/s1. The monoisotopic (exact) mass is 588 g/mol. The Morgan fingerprint density at radius 3 is 2.30 bits per heavy atom. The third-order valence-electron chi connectivity index (χ3n) is 7.80. The lowest BCUT2D eigenvalue weighted by Gasteiger charge is -2.20. The van der Waals surface area contributed by atoms with E-state index in [1.54, 1.807) is 42.5 Å². The SMILES string of the molecule is Cc1c(C)n(Cc2ccc(-c3ccccc3C(=O)O)cc2)c2ccc(C(=O)N[C@H](C)c3cc(F)ccc3C(F)(F)F)cc12. The van der Waals surface area contributed by atoms with Gasteiger partial charge in [0, 0.05) is 28.7 Å². The number of hydrogen-bond acceptors (Lipinski definition) is 2. The molecule has 0 fully saturated rings. The number of halogens is 4. The third kappa shape index (κ3) is 5.88. The van der Waals surface area contributed by atoms with Crippen molar-refractivity contribution in [1.82, 2.24) is 9.88 Å². The highest BCUT2D eigenvalue weighted by molar-refractivity contribution is 5.99. The van der Waals surface area contributed by atoms with Crippen LogP contribution < -0.4 is 5.32 Å². The first-order valence-electron chi connectivity index (χ1n) is 13.5. The maximum atomic E-state index is 13.8. The fourth-order valence-corrected chi connectivity index (χ4v) is 5.40. The Bertz CT molecular complexity index is 1860. The largest absolute Gasteiger partial charge is 0.478 e. The predicted molar refractivity (Wildman–Crippen MR) is 157 cm³/mol. The van der Waals surface area contributed by atoms with Gasteiger partial charge in [-0.15, -0.1) is 0 Å². The average Bonchev–Trinajstić information content (AvgIpc) is 3.21. The molecular weight excluding hydrogens is 560 g/mol. The second kappa shape index (κ2) is 11.4. The summed E-state index contributed by atoms with van der Waals surface area (Å²) in [5, 5.41) is 12.9. The van der Waals surface area contributed by atoms with Crippen LogP contribution in [0.3, 0.4) is 0 Å². The molecule has 0 aliphatic rings. The van der Waals surface area contributed by atoms with Gasteiger partial charge >= 0.3 is 12.1 Å². The molecule has 0 unspecified atom stereocenters. The Morgan fingerprint density at radius 1 is 0.930 bits per heavy atom. The van der Waals surface area contributed by atoms with Crippen LogP contribution in [0.15, 0.2) is 84.9 Å². The number of aromatic carboxylic acids is 1. The summed E-state index contributed by atoms with van der Waals surface area (Å²) < 4.78 is 56.4. The number of aryl methyl sites for hydroxylation is 1. The second-order valence-corrected chi connectivity index (χ2v) is 10.5. The molecule has 1 heterocycles. The molecule has 0 aliphatic carbocycles. The summed E-state index contributed by atoms with van der Waals surface area (Å²) >= 11 is 0. The van der Waals surface area contributed by atoms with Crippen molar-refractivity contribution < 1.29 is 32.3 Å². The van der Waals surface area contributed by atoms with Crippen molar-refractivity contribution in [1.29, 1.82) is 0 Å². The highest BCUT2D eigenvalue weighted by Gasteiger charge is 2.35. The molecular formula is C34H28F4N2O3. The van der Waals surface area contributed by atoms with Crippen LogP contribution in [-0.4, -0.2) is 21.6 Å². The number of nitrogens with one attached hydrogen (secondary N) is 1. The van der Waals surface area contributed by atoms with Crippen molar-refractivity contribution >= 4 is 22.8 Å². The van der Waals surface area contributed by atoms with Gasteiger partial charge in [-0.2, -0.15) is 13.2 Å². The summed E-state index contributed by atoms with van der Waals surface area (Å²) in [5.74, 6) is -2.39. The van der Waals surface area contributed by atoms with Gasteiger partial charge in [-0.05, 0) is 91.1 Å². The van der Waals surface area contributed by atoms with E-state index in [-0.39, 0.29) is 16.7 Å². The van der Waals surface area contributed by atoms with Gasteiger partial charge in [0.15, 0.2) is 0 Å². The Morgan fingerprint density at radius 2 is 1.63 bits per heavy atom. The maximum Gasteiger partial charge on any atom is 0.416 e. The number of hydrogen-bond donors (Lipinski definition) is 2. The number of carbonyl (C=O) groups is 2. The minimum atomic E-state index is -4.69. The molecule has 5 rings (SSSR count). The number of rotatable bonds is 7. The summed E-state index contributed by atoms with van der Waals surface area (Å²) in [6.45, 7) is 5.82. The van der Waals surface area contributed by atoms with Crippen LogP contribution in [0.5, 0.6) is 0 Å². The molecule has 5 nitrogen and oxygen atoms in total. The van der Waals surface area contributed by atoms with Crippen LogP contribution in [0.25, 0.3) is 22.0 Å². The lowest BCUT2D eigenvalue weighted by atomic mass is 9.99. The Balaban J connectivity index is 1.39. The van der Waals surface area contributed by atoms with E-state index in [0.717, 1.165) is 45.4 Å². The first-order valence-corrected chi connectivity index (χ1v) is 13.5. The molecule has 220 valence electrons. The van der Waals surface area contributed by atoms with Crippen molar-refractivity contribution in [2.45, 2.75) is 39.5 Å². The zero-order chi connectivity index (χ0) is 31.1. The van der Waals surface area contributed by atoms with E-state index in [1.165, 1.54) is 6.92 Å². The van der Waals surface area contributed by atoms with E-state index in [4.69, 9.17) is 0 Å². The molecule has 9 heteroatoms. The summed E-state index contributed by atoms with van der Waals surface area (Å²) in [7, 11) is 0. The van der Waals surface area contributed by atoms with Crippen LogP contribution in [-0.2, 0) is 12.7 Å². The summed E-state index contributed by atoms with van der Waals surface area (Å²) in [4.78, 5) is 24.7. The summed E-state index contributed by atoms with van der Waals surface area (Å²) in [6, 6.07) is 20.7. The van der Waals surface area contributed by atoms with Gasteiger partial charge in [-0.3, -0.25) is 4.79 Å². The van der Waals surface area contributed by atoms with E-state index >= 15 is 0 Å². The van der Waals surface area contributed by atoms with E-state index in [9.17, 15) is 32.3 Å². The molecule has 1 amide bonds. The Kier molecular flexibility index (Phi) is 7.84. The number of carboxylic acids is 1. The lowest BCUT2D eigenvalue weighted by Crippen LogP contribution is -2.28. The smallest absolute Gasteiger partial charge is 0.416 e. The highest BCUT2D eigenvalue weighted by atomic mass is 19.4. The molecule has 0 bridgehead atoms. The first kappa shape index (κ1) is 29.6. The van der Waals surface area contributed by atoms with Gasteiger partial charge in [0.2, 0.25) is 0 Å². The van der Waals surface area contributed by atoms with Crippen molar-refractivity contribution in [3.63, 3.8) is 0 Å². The number of carbonyl (C=O) groups excluding carboxylic acids is 1. The zero-order valence-corrected chi connectivity index (χ0v) is 23.6. The zero-order valence-electron chi connectivity index (χ0n) is 23.6. The summed E-state index contributed by atoms with van der Waals surface area (Å²) in [5.41, 5.74) is 4.37. The normalized spacial score (nSPS) is 12.3. The predicted octanol–water partition coefficient (Wildman–Crippen LogP) is 8.32. The van der Waals surface area contributed by atoms with Gasteiger partial charge in [0.1, 0.15) is 5.82 Å². The van der Waals surface area contributed by atoms with Gasteiger partial charge in [-0.25, -0.2) is 9.18 Å². The molecule has 0 radical (unpaired) electrons. The van der Waals surface area contributed by atoms with Crippen LogP contribution in [0.2, 0.25) is 0 Å². The Hall–Kier alpha value is -4.92. The molecule has 0 saturated carbocycles. The number of carboxylic acid groups (broad SMARTS) is 1. The number of aromatic nitrogens is 1. The molecule has 0 aliphatic heterocycles. The van der Waals surface area contributed by atoms with Gasteiger partial charge in [0.05, 0.1) is 17.2 Å². The van der Waals surface area contributed by atoms with Crippen LogP contribution in [0.1, 0.15) is 61.6 Å². The number of benzene rings is 4. The second-order valence-electron chi connectivity index (χ2n) is 10.5. The van der Waals surface area contributed by atoms with E-state index in [0.29, 0.717) is 18.2 Å². The topological polar surface area (TPSA) is 71.3 Å². The third-order valence-corrected chi connectivity index (χ3v) is 7.80. The molecule has 5 aromatic rings. The fraction of sp³-hybridized carbons (Fsp3) is 0.176. The molecule has 0 spiro atoms. The van der Waals surface area contributed by atoms with Crippen LogP contribution in [0, 0.1) is 19.7 Å². The maximum absolute atomic E-state index is 13.8. The van der Waals surface area contributed by atoms with E-state index in [2.05, 4.69) is 9.88 Å². The van der Waals surface area contributed by atoms with Gasteiger partial charge in [-0.1, -0.05) is 42.5 Å². The molecule has 43 heavy (non-hydrogen) atoms. The number of nitrogens with zero attached hydrogens (tertiary/aromatic N) is 1. The first-order chi connectivity index (χ1) is 20.3. The van der Waals surface area contributed by atoms with Crippen LogP contribution >= 0.6 is 0 Å². The fourth-order valence-electron chi connectivity index (χ4n) is 5.40. The Labute approximate surface area is 245 Å². The average molecular weight is 589 g/mol. The number of alkyl halides is 3. The minimum Gasteiger partial charge on any atom is -0.478 e. The van der Waals surface area contributed by atoms with Crippen molar-refractivity contribution in [2.75, 3.05) is 0 Å². The van der Waals surface area contributed by atoms with E-state index < -0.39 is 35.5 Å². The molecule has 1 aromatic heterocycles. The minimum absolute atomic E-state index is 0.226. The molecule has 0 saturated heterocycles. The van der Waals surface area contributed by atoms with Crippen molar-refractivity contribution in [2.24, 2.45) is 0 Å². The number of fused-ring (bicyclic) bond motifs is 1. The lowest BCUT2D eigenvalue weighted by molar-refractivity contribution is -0.138. The highest BCUT2D eigenvalue weighted by Crippen LogP contribution is 2.35. The van der Waals surface area contributed by atoms with Gasteiger partial charge in [0.25, 0.3) is 5.91 Å². The molecule has 2 N–H and O–H groups in total. The van der Waals surface area contributed by atoms with Gasteiger partial charge < -0.3 is 15.0 Å². The van der Waals surface area contributed by atoms with Crippen molar-refractivity contribution in [3.05, 3.63) is 130 Å². The van der Waals surface area contributed by atoms with Crippen molar-refractivity contribution in [3.8, 4) is 11.1 Å².